The lowest BCUT2D eigenvalue weighted by Crippen LogP contribution is -1.98. The Morgan fingerprint density at radius 2 is 2.31 bits per heavy atom. The van der Waals surface area contributed by atoms with Crippen LogP contribution in [0.15, 0.2) is 17.5 Å². The SMILES string of the molecule is Cc1ccc(C(=O)c2csnn2)s1. The minimum atomic E-state index is -0.0353. The number of thiophene rings is 1. The Balaban J connectivity index is 2.33. The summed E-state index contributed by atoms with van der Waals surface area (Å²) in [5.74, 6) is -0.0353. The van der Waals surface area contributed by atoms with Crippen LogP contribution in [0.1, 0.15) is 20.2 Å². The van der Waals surface area contributed by atoms with Crippen LogP contribution < -0.4 is 0 Å². The van der Waals surface area contributed by atoms with Crippen LogP contribution in [0.3, 0.4) is 0 Å². The zero-order valence-corrected chi connectivity index (χ0v) is 8.48. The van der Waals surface area contributed by atoms with E-state index in [0.717, 1.165) is 9.75 Å². The van der Waals surface area contributed by atoms with Crippen molar-refractivity contribution < 1.29 is 4.79 Å². The number of carbonyl (C=O) groups is 1. The van der Waals surface area contributed by atoms with Crippen LogP contribution in [-0.2, 0) is 0 Å². The second kappa shape index (κ2) is 3.35. The molecular weight excluding hydrogens is 204 g/mol. The minimum Gasteiger partial charge on any atom is -0.286 e. The van der Waals surface area contributed by atoms with Gasteiger partial charge >= 0.3 is 0 Å². The Kier molecular flexibility index (Phi) is 2.20. The zero-order valence-electron chi connectivity index (χ0n) is 6.85. The summed E-state index contributed by atoms with van der Waals surface area (Å²) in [7, 11) is 0. The van der Waals surface area contributed by atoms with Gasteiger partial charge in [0.1, 0.15) is 5.69 Å². The van der Waals surface area contributed by atoms with Gasteiger partial charge in [0.05, 0.1) is 4.88 Å². The topological polar surface area (TPSA) is 42.9 Å². The van der Waals surface area contributed by atoms with Crippen molar-refractivity contribution in [2.45, 2.75) is 6.92 Å². The molecule has 2 rings (SSSR count). The smallest absolute Gasteiger partial charge is 0.224 e. The number of hydrogen-bond donors (Lipinski definition) is 0. The molecule has 2 heterocycles. The summed E-state index contributed by atoms with van der Waals surface area (Å²) in [5.41, 5.74) is 0.437. The summed E-state index contributed by atoms with van der Waals surface area (Å²) in [5, 5.41) is 5.39. The minimum absolute atomic E-state index is 0.0353. The normalized spacial score (nSPS) is 10.2. The lowest BCUT2D eigenvalue weighted by atomic mass is 10.2. The van der Waals surface area contributed by atoms with Crippen molar-refractivity contribution in [1.29, 1.82) is 0 Å². The van der Waals surface area contributed by atoms with E-state index >= 15 is 0 Å². The van der Waals surface area contributed by atoms with Gasteiger partial charge in [-0.25, -0.2) is 0 Å². The molecule has 0 spiro atoms. The number of ketones is 1. The van der Waals surface area contributed by atoms with Crippen molar-refractivity contribution in [3.8, 4) is 0 Å². The summed E-state index contributed by atoms with van der Waals surface area (Å²) < 4.78 is 3.65. The monoisotopic (exact) mass is 210 g/mol. The predicted molar refractivity (Wildman–Crippen MR) is 52.4 cm³/mol. The third-order valence-corrected chi connectivity index (χ3v) is 3.06. The van der Waals surface area contributed by atoms with Crippen molar-refractivity contribution in [1.82, 2.24) is 9.59 Å². The Labute approximate surface area is 83.2 Å². The van der Waals surface area contributed by atoms with Gasteiger partial charge in [-0.3, -0.25) is 4.79 Å². The van der Waals surface area contributed by atoms with Crippen LogP contribution >= 0.6 is 22.9 Å². The van der Waals surface area contributed by atoms with Crippen molar-refractivity contribution in [3.63, 3.8) is 0 Å². The van der Waals surface area contributed by atoms with Crippen LogP contribution in [-0.4, -0.2) is 15.4 Å². The highest BCUT2D eigenvalue weighted by Crippen LogP contribution is 2.18. The first-order chi connectivity index (χ1) is 6.27. The Hall–Kier alpha value is -1.07. The lowest BCUT2D eigenvalue weighted by Gasteiger charge is -1.88. The average Bonchev–Trinajstić information content (AvgIpc) is 2.72. The van der Waals surface area contributed by atoms with E-state index in [2.05, 4.69) is 9.59 Å². The fourth-order valence-electron chi connectivity index (χ4n) is 0.946. The van der Waals surface area contributed by atoms with E-state index in [1.807, 2.05) is 19.1 Å². The first-order valence-corrected chi connectivity index (χ1v) is 5.31. The fourth-order valence-corrected chi connectivity index (χ4v) is 2.20. The molecular formula is C8H6N2OS2. The highest BCUT2D eigenvalue weighted by Gasteiger charge is 2.13. The van der Waals surface area contributed by atoms with Gasteiger partial charge in [0.15, 0.2) is 0 Å². The number of nitrogens with zero attached hydrogens (tertiary/aromatic N) is 2. The van der Waals surface area contributed by atoms with Crippen molar-refractivity contribution >= 4 is 28.7 Å². The van der Waals surface area contributed by atoms with E-state index in [0.29, 0.717) is 5.69 Å². The quantitative estimate of drug-likeness (QED) is 0.713. The largest absolute Gasteiger partial charge is 0.286 e. The standard InChI is InChI=1S/C8H6N2OS2/c1-5-2-3-7(13-5)8(11)6-4-12-10-9-6/h2-4H,1H3. The molecule has 0 radical (unpaired) electrons. The summed E-state index contributed by atoms with van der Waals surface area (Å²) in [6.45, 7) is 1.97. The maximum Gasteiger partial charge on any atom is 0.224 e. The lowest BCUT2D eigenvalue weighted by molar-refractivity contribution is 0.103. The number of hydrogen-bond acceptors (Lipinski definition) is 5. The number of aromatic nitrogens is 2. The summed E-state index contributed by atoms with van der Waals surface area (Å²) in [6, 6.07) is 3.75. The highest BCUT2D eigenvalue weighted by molar-refractivity contribution is 7.14. The molecule has 0 aliphatic rings. The van der Waals surface area contributed by atoms with Gasteiger partial charge in [0, 0.05) is 10.3 Å². The molecule has 0 N–H and O–H groups in total. The molecule has 0 aliphatic carbocycles. The molecule has 0 fully saturated rings. The predicted octanol–water partition coefficient (Wildman–Crippen LogP) is 2.14. The van der Waals surface area contributed by atoms with Crippen molar-refractivity contribution in [2.24, 2.45) is 0 Å². The molecule has 0 unspecified atom stereocenters. The first kappa shape index (κ1) is 8.52. The maximum absolute atomic E-state index is 11.6. The van der Waals surface area contributed by atoms with Crippen LogP contribution in [0.5, 0.6) is 0 Å². The highest BCUT2D eigenvalue weighted by atomic mass is 32.1. The summed E-state index contributed by atoms with van der Waals surface area (Å²) >= 11 is 2.67. The van der Waals surface area contributed by atoms with E-state index in [9.17, 15) is 4.79 Å². The molecule has 2 aromatic rings. The van der Waals surface area contributed by atoms with Crippen LogP contribution in [0, 0.1) is 6.92 Å². The van der Waals surface area contributed by atoms with Crippen molar-refractivity contribution in [2.75, 3.05) is 0 Å². The Morgan fingerprint density at radius 3 is 2.85 bits per heavy atom. The molecule has 0 atom stereocenters. The van der Waals surface area contributed by atoms with Gasteiger partial charge < -0.3 is 0 Å². The molecule has 0 amide bonds. The first-order valence-electron chi connectivity index (χ1n) is 3.65. The molecule has 0 aromatic carbocycles. The average molecular weight is 210 g/mol. The molecule has 5 heteroatoms. The van der Waals surface area contributed by atoms with Gasteiger partial charge in [0.2, 0.25) is 5.78 Å². The molecule has 66 valence electrons. The van der Waals surface area contributed by atoms with E-state index < -0.39 is 0 Å². The Morgan fingerprint density at radius 1 is 1.46 bits per heavy atom. The molecule has 3 nitrogen and oxygen atoms in total. The van der Waals surface area contributed by atoms with Gasteiger partial charge in [-0.05, 0) is 30.6 Å². The van der Waals surface area contributed by atoms with E-state index in [4.69, 9.17) is 0 Å². The molecule has 0 bridgehead atoms. The summed E-state index contributed by atoms with van der Waals surface area (Å²) in [6.07, 6.45) is 0. The molecule has 13 heavy (non-hydrogen) atoms. The second-order valence-electron chi connectivity index (χ2n) is 2.53. The maximum atomic E-state index is 11.6. The van der Waals surface area contributed by atoms with Gasteiger partial charge in [0.25, 0.3) is 0 Å². The van der Waals surface area contributed by atoms with Crippen molar-refractivity contribution in [3.05, 3.63) is 33.0 Å². The second-order valence-corrected chi connectivity index (χ2v) is 4.43. The third kappa shape index (κ3) is 1.66. The van der Waals surface area contributed by atoms with Gasteiger partial charge in [-0.2, -0.15) is 0 Å². The zero-order chi connectivity index (χ0) is 9.26. The Bertz CT molecular complexity index is 419. The molecule has 0 aliphatic heterocycles. The van der Waals surface area contributed by atoms with E-state index in [-0.39, 0.29) is 5.78 Å². The molecule has 2 aromatic heterocycles. The molecule has 0 saturated heterocycles. The van der Waals surface area contributed by atoms with Crippen LogP contribution in [0.2, 0.25) is 0 Å². The number of aryl methyl sites for hydroxylation is 1. The third-order valence-electron chi connectivity index (χ3n) is 1.56. The molecule has 0 saturated carbocycles. The summed E-state index contributed by atoms with van der Waals surface area (Å²) in [4.78, 5) is 13.5. The number of rotatable bonds is 2. The van der Waals surface area contributed by atoms with Gasteiger partial charge in [-0.15, -0.1) is 16.4 Å². The van der Waals surface area contributed by atoms with E-state index in [1.54, 1.807) is 5.38 Å². The van der Waals surface area contributed by atoms with Gasteiger partial charge in [-0.1, -0.05) is 4.49 Å². The fraction of sp³-hybridized carbons (Fsp3) is 0.125. The van der Waals surface area contributed by atoms with Crippen LogP contribution in [0.4, 0.5) is 0 Å². The van der Waals surface area contributed by atoms with Crippen LogP contribution in [0.25, 0.3) is 0 Å². The number of carbonyl (C=O) groups excluding carboxylic acids is 1. The van der Waals surface area contributed by atoms with E-state index in [1.165, 1.54) is 22.9 Å².